The monoisotopic (exact) mass is 354 g/mol. The second kappa shape index (κ2) is 5.46. The van der Waals surface area contributed by atoms with E-state index in [4.69, 9.17) is 5.73 Å². The van der Waals surface area contributed by atoms with Crippen LogP contribution in [0.4, 0.5) is 11.4 Å². The molecule has 0 saturated carbocycles. The van der Waals surface area contributed by atoms with Gasteiger partial charge in [0.1, 0.15) is 0 Å². The number of nitrogens with one attached hydrogen (secondary N) is 1. The Kier molecular flexibility index (Phi) is 4.06. The average molecular weight is 355 g/mol. The maximum absolute atomic E-state index is 12.5. The topological polar surface area (TPSA) is 72.2 Å². The zero-order valence-electron chi connectivity index (χ0n) is 11.1. The van der Waals surface area contributed by atoms with Gasteiger partial charge in [0.2, 0.25) is 0 Å². The minimum Gasteiger partial charge on any atom is -0.399 e. The van der Waals surface area contributed by atoms with Gasteiger partial charge in [-0.2, -0.15) is 0 Å². The van der Waals surface area contributed by atoms with Gasteiger partial charge in [0.15, 0.2) is 0 Å². The van der Waals surface area contributed by atoms with Crippen LogP contribution < -0.4 is 10.5 Å². The Labute approximate surface area is 127 Å². The van der Waals surface area contributed by atoms with E-state index >= 15 is 0 Å². The van der Waals surface area contributed by atoms with Crippen molar-refractivity contribution >= 4 is 37.3 Å². The van der Waals surface area contributed by atoms with Gasteiger partial charge in [-0.1, -0.05) is 18.2 Å². The fraction of sp³-hybridized carbons (Fsp3) is 0.143. The summed E-state index contributed by atoms with van der Waals surface area (Å²) in [6, 6.07) is 10.2. The highest BCUT2D eigenvalue weighted by Gasteiger charge is 2.18. The van der Waals surface area contributed by atoms with Crippen molar-refractivity contribution in [1.82, 2.24) is 0 Å². The molecule has 0 fully saturated rings. The number of benzene rings is 2. The lowest BCUT2D eigenvalue weighted by atomic mass is 10.2. The molecule has 0 heterocycles. The number of nitrogens with two attached hydrogens (primary N) is 1. The summed E-state index contributed by atoms with van der Waals surface area (Å²) in [4.78, 5) is 0.186. The van der Waals surface area contributed by atoms with Crippen LogP contribution >= 0.6 is 15.9 Å². The fourth-order valence-corrected chi connectivity index (χ4v) is 3.68. The van der Waals surface area contributed by atoms with Crippen LogP contribution in [0.3, 0.4) is 0 Å². The molecule has 20 heavy (non-hydrogen) atoms. The van der Waals surface area contributed by atoms with E-state index in [-0.39, 0.29) is 4.90 Å². The molecule has 106 valence electrons. The Morgan fingerprint density at radius 3 is 2.50 bits per heavy atom. The number of rotatable bonds is 3. The van der Waals surface area contributed by atoms with Crippen LogP contribution in [-0.4, -0.2) is 8.42 Å². The molecule has 0 amide bonds. The molecule has 0 spiro atoms. The Bertz CT molecular complexity index is 758. The van der Waals surface area contributed by atoms with E-state index < -0.39 is 10.0 Å². The van der Waals surface area contributed by atoms with E-state index in [1.54, 1.807) is 31.2 Å². The molecule has 0 aliphatic carbocycles. The molecule has 0 aromatic heterocycles. The standard InChI is InChI=1S/C14H15BrN2O2S/c1-9-6-7-11(16)8-13(9)20(18,19)17-12-5-3-4-10(2)14(12)15/h3-8,17H,16H2,1-2H3. The van der Waals surface area contributed by atoms with E-state index in [1.807, 2.05) is 13.0 Å². The van der Waals surface area contributed by atoms with E-state index in [2.05, 4.69) is 20.7 Å². The third-order valence-electron chi connectivity index (χ3n) is 2.94. The molecular formula is C14H15BrN2O2S. The predicted octanol–water partition coefficient (Wildman–Crippen LogP) is 3.45. The minimum absolute atomic E-state index is 0.186. The van der Waals surface area contributed by atoms with Crippen LogP contribution in [0.25, 0.3) is 0 Å². The summed E-state index contributed by atoms with van der Waals surface area (Å²) < 4.78 is 28.2. The van der Waals surface area contributed by atoms with Crippen molar-refractivity contribution in [3.05, 3.63) is 52.0 Å². The maximum Gasteiger partial charge on any atom is 0.262 e. The lowest BCUT2D eigenvalue weighted by molar-refractivity contribution is 0.600. The van der Waals surface area contributed by atoms with Gasteiger partial charge < -0.3 is 5.73 Å². The van der Waals surface area contributed by atoms with Crippen molar-refractivity contribution in [3.8, 4) is 0 Å². The van der Waals surface area contributed by atoms with Gasteiger partial charge in [-0.05, 0) is 59.1 Å². The molecule has 0 aliphatic heterocycles. The number of hydrogen-bond donors (Lipinski definition) is 2. The summed E-state index contributed by atoms with van der Waals surface area (Å²) >= 11 is 3.39. The summed E-state index contributed by atoms with van der Waals surface area (Å²) in [5.41, 5.74) is 8.19. The minimum atomic E-state index is -3.67. The van der Waals surface area contributed by atoms with E-state index in [0.717, 1.165) is 10.0 Å². The normalized spacial score (nSPS) is 11.3. The zero-order valence-corrected chi connectivity index (χ0v) is 13.5. The molecular weight excluding hydrogens is 340 g/mol. The predicted molar refractivity (Wildman–Crippen MR) is 85.3 cm³/mol. The van der Waals surface area contributed by atoms with Gasteiger partial charge in [-0.3, -0.25) is 4.72 Å². The maximum atomic E-state index is 12.5. The highest BCUT2D eigenvalue weighted by Crippen LogP contribution is 2.29. The molecule has 2 aromatic rings. The van der Waals surface area contributed by atoms with Crippen LogP contribution in [-0.2, 0) is 10.0 Å². The van der Waals surface area contributed by atoms with Crippen molar-refractivity contribution in [2.75, 3.05) is 10.5 Å². The lowest BCUT2D eigenvalue weighted by Crippen LogP contribution is -2.15. The molecule has 6 heteroatoms. The Morgan fingerprint density at radius 2 is 1.80 bits per heavy atom. The average Bonchev–Trinajstić information content (AvgIpc) is 2.37. The van der Waals surface area contributed by atoms with Gasteiger partial charge in [-0.25, -0.2) is 8.42 Å². The van der Waals surface area contributed by atoms with Gasteiger partial charge >= 0.3 is 0 Å². The fourth-order valence-electron chi connectivity index (χ4n) is 1.83. The second-order valence-corrected chi connectivity index (χ2v) is 7.01. The van der Waals surface area contributed by atoms with Crippen LogP contribution in [0.15, 0.2) is 45.8 Å². The van der Waals surface area contributed by atoms with Crippen molar-refractivity contribution < 1.29 is 8.42 Å². The zero-order chi connectivity index (χ0) is 14.9. The molecule has 0 saturated heterocycles. The van der Waals surface area contributed by atoms with E-state index in [0.29, 0.717) is 16.9 Å². The first-order valence-corrected chi connectivity index (χ1v) is 8.23. The van der Waals surface area contributed by atoms with Crippen LogP contribution in [0.1, 0.15) is 11.1 Å². The molecule has 0 atom stereocenters. The first-order valence-electron chi connectivity index (χ1n) is 5.95. The first kappa shape index (κ1) is 14.9. The molecule has 0 bridgehead atoms. The van der Waals surface area contributed by atoms with Crippen LogP contribution in [0.2, 0.25) is 0 Å². The number of anilines is 2. The summed E-state index contributed by atoms with van der Waals surface area (Å²) in [5.74, 6) is 0. The van der Waals surface area contributed by atoms with Gasteiger partial charge in [0, 0.05) is 10.2 Å². The number of aryl methyl sites for hydroxylation is 2. The van der Waals surface area contributed by atoms with Crippen LogP contribution in [0.5, 0.6) is 0 Å². The highest BCUT2D eigenvalue weighted by molar-refractivity contribution is 9.10. The van der Waals surface area contributed by atoms with Crippen LogP contribution in [0, 0.1) is 13.8 Å². The summed E-state index contributed by atoms with van der Waals surface area (Å²) in [7, 11) is -3.67. The molecule has 4 nitrogen and oxygen atoms in total. The number of halogens is 1. The molecule has 0 aliphatic rings. The van der Waals surface area contributed by atoms with Crippen molar-refractivity contribution in [1.29, 1.82) is 0 Å². The van der Waals surface area contributed by atoms with Gasteiger partial charge in [0.05, 0.1) is 10.6 Å². The molecule has 3 N–H and O–H groups in total. The van der Waals surface area contributed by atoms with Gasteiger partial charge in [-0.15, -0.1) is 0 Å². The number of hydrogen-bond acceptors (Lipinski definition) is 3. The second-order valence-electron chi connectivity index (χ2n) is 4.57. The lowest BCUT2D eigenvalue weighted by Gasteiger charge is -2.13. The quantitative estimate of drug-likeness (QED) is 0.829. The van der Waals surface area contributed by atoms with Crippen molar-refractivity contribution in [3.63, 3.8) is 0 Å². The first-order chi connectivity index (χ1) is 9.31. The smallest absolute Gasteiger partial charge is 0.262 e. The molecule has 2 aromatic carbocycles. The SMILES string of the molecule is Cc1ccc(N)cc1S(=O)(=O)Nc1cccc(C)c1Br. The highest BCUT2D eigenvalue weighted by atomic mass is 79.9. The summed E-state index contributed by atoms with van der Waals surface area (Å²) in [6.45, 7) is 3.63. The molecule has 0 unspecified atom stereocenters. The van der Waals surface area contributed by atoms with Gasteiger partial charge in [0.25, 0.3) is 10.0 Å². The van der Waals surface area contributed by atoms with Crippen molar-refractivity contribution in [2.45, 2.75) is 18.7 Å². The van der Waals surface area contributed by atoms with E-state index in [1.165, 1.54) is 6.07 Å². The molecule has 2 rings (SSSR count). The number of sulfonamides is 1. The Balaban J connectivity index is 2.46. The summed E-state index contributed by atoms with van der Waals surface area (Å²) in [5, 5.41) is 0. The summed E-state index contributed by atoms with van der Waals surface area (Å²) in [6.07, 6.45) is 0. The largest absolute Gasteiger partial charge is 0.399 e. The number of nitrogen functional groups attached to an aromatic ring is 1. The van der Waals surface area contributed by atoms with E-state index in [9.17, 15) is 8.42 Å². The third kappa shape index (κ3) is 2.96. The Hall–Kier alpha value is -1.53. The molecule has 0 radical (unpaired) electrons. The van der Waals surface area contributed by atoms with Crippen molar-refractivity contribution in [2.24, 2.45) is 0 Å². The Morgan fingerprint density at radius 1 is 1.10 bits per heavy atom. The third-order valence-corrected chi connectivity index (χ3v) is 5.50.